The molecule has 1 aliphatic rings. The lowest BCUT2D eigenvalue weighted by atomic mass is 9.93. The SMILES string of the molecule is COC(=O)C(C/C=C/[C@@H]1O[C@H](COCc2ccccc2)[C@@H](OCc2ccccc2)[C@H](OCc2ccccc2)[C@H]1OCc1ccccc1)C(=O)OC. The van der Waals surface area contributed by atoms with E-state index in [1.807, 2.05) is 127 Å². The summed E-state index contributed by atoms with van der Waals surface area (Å²) in [4.78, 5) is 24.9. The number of rotatable bonds is 18. The Morgan fingerprint density at radius 3 is 1.45 bits per heavy atom. The molecule has 5 rings (SSSR count). The van der Waals surface area contributed by atoms with Gasteiger partial charge in [-0.15, -0.1) is 0 Å². The van der Waals surface area contributed by atoms with E-state index < -0.39 is 48.4 Å². The Balaban J connectivity index is 1.47. The first kappa shape index (κ1) is 37.6. The summed E-state index contributed by atoms with van der Waals surface area (Å²) < 4.78 is 42.9. The van der Waals surface area contributed by atoms with Crippen molar-refractivity contribution in [2.75, 3.05) is 20.8 Å². The maximum Gasteiger partial charge on any atom is 0.320 e. The monoisotopic (exact) mass is 694 g/mol. The van der Waals surface area contributed by atoms with Crippen molar-refractivity contribution in [3.05, 3.63) is 156 Å². The van der Waals surface area contributed by atoms with Crippen LogP contribution < -0.4 is 0 Å². The lowest BCUT2D eigenvalue weighted by Crippen LogP contribution is -2.60. The molecular formula is C42H46O9. The average Bonchev–Trinajstić information content (AvgIpc) is 3.18. The van der Waals surface area contributed by atoms with Crippen LogP contribution in [0.2, 0.25) is 0 Å². The second-order valence-electron chi connectivity index (χ2n) is 12.2. The molecule has 1 saturated heterocycles. The lowest BCUT2D eigenvalue weighted by Gasteiger charge is -2.45. The van der Waals surface area contributed by atoms with E-state index in [1.165, 1.54) is 14.2 Å². The average molecular weight is 695 g/mol. The number of hydrogen-bond acceptors (Lipinski definition) is 9. The maximum absolute atomic E-state index is 12.4. The van der Waals surface area contributed by atoms with Gasteiger partial charge in [0.2, 0.25) is 0 Å². The predicted octanol–water partition coefficient (Wildman–Crippen LogP) is 6.64. The zero-order valence-electron chi connectivity index (χ0n) is 29.1. The second kappa shape index (κ2) is 20.3. The molecule has 0 aromatic heterocycles. The van der Waals surface area contributed by atoms with E-state index in [0.29, 0.717) is 19.8 Å². The molecule has 0 aliphatic carbocycles. The minimum Gasteiger partial charge on any atom is -0.468 e. The molecule has 0 unspecified atom stereocenters. The highest BCUT2D eigenvalue weighted by molar-refractivity contribution is 5.94. The first-order valence-corrected chi connectivity index (χ1v) is 17.1. The van der Waals surface area contributed by atoms with Crippen LogP contribution in [-0.4, -0.2) is 63.3 Å². The van der Waals surface area contributed by atoms with Crippen molar-refractivity contribution in [2.24, 2.45) is 5.92 Å². The van der Waals surface area contributed by atoms with Gasteiger partial charge in [-0.25, -0.2) is 0 Å². The summed E-state index contributed by atoms with van der Waals surface area (Å²) in [5.41, 5.74) is 4.01. The number of esters is 2. The van der Waals surface area contributed by atoms with Crippen LogP contribution in [0.1, 0.15) is 28.7 Å². The standard InChI is InChI=1S/C42H46O9/c1-45-41(43)35(42(44)46-2)24-15-25-36-38(48-27-32-18-9-4-10-19-32)40(50-29-34-22-13-6-14-23-34)39(49-28-33-20-11-5-12-21-33)37(51-36)30-47-26-31-16-7-3-8-17-31/h3-23,25,35-40H,24,26-30H2,1-2H3/b25-15+/t36-,37+,38-,39+,40+/m0/s1. The predicted molar refractivity (Wildman–Crippen MR) is 191 cm³/mol. The normalized spacial score (nSPS) is 20.3. The number of ether oxygens (including phenoxy) is 7. The molecule has 9 heteroatoms. The maximum atomic E-state index is 12.4. The highest BCUT2D eigenvalue weighted by Gasteiger charge is 2.47. The number of benzene rings is 4. The minimum absolute atomic E-state index is 0.0449. The molecule has 1 aliphatic heterocycles. The molecule has 0 bridgehead atoms. The van der Waals surface area contributed by atoms with Crippen LogP contribution in [0.25, 0.3) is 0 Å². The number of methoxy groups -OCH3 is 2. The topological polar surface area (TPSA) is 98.8 Å². The summed E-state index contributed by atoms with van der Waals surface area (Å²) in [6.07, 6.45) is 0.508. The fourth-order valence-electron chi connectivity index (χ4n) is 5.90. The van der Waals surface area contributed by atoms with Gasteiger partial charge in [0.1, 0.15) is 30.5 Å². The number of carbonyl (C=O) groups is 2. The van der Waals surface area contributed by atoms with Crippen molar-refractivity contribution in [2.45, 2.75) is 63.4 Å². The summed E-state index contributed by atoms with van der Waals surface area (Å²) in [5.74, 6) is -2.49. The van der Waals surface area contributed by atoms with Crippen LogP contribution in [0.15, 0.2) is 133 Å². The smallest absolute Gasteiger partial charge is 0.320 e. The van der Waals surface area contributed by atoms with Gasteiger partial charge in [0, 0.05) is 0 Å². The summed E-state index contributed by atoms with van der Waals surface area (Å²) in [7, 11) is 2.48. The molecule has 0 saturated carbocycles. The lowest BCUT2D eigenvalue weighted by molar-refractivity contribution is -0.263. The zero-order chi connectivity index (χ0) is 35.7. The van der Waals surface area contributed by atoms with Crippen molar-refractivity contribution >= 4 is 11.9 Å². The van der Waals surface area contributed by atoms with Crippen molar-refractivity contribution in [1.82, 2.24) is 0 Å². The molecule has 4 aromatic rings. The van der Waals surface area contributed by atoms with Gasteiger partial charge in [-0.1, -0.05) is 133 Å². The Labute approximate surface area is 300 Å². The van der Waals surface area contributed by atoms with E-state index >= 15 is 0 Å². The molecule has 5 atom stereocenters. The first-order chi connectivity index (χ1) is 25.1. The summed E-state index contributed by atoms with van der Waals surface area (Å²) in [6, 6.07) is 39.7. The number of carbonyl (C=O) groups excluding carboxylic acids is 2. The molecule has 1 fully saturated rings. The van der Waals surface area contributed by atoms with Crippen LogP contribution in [0.3, 0.4) is 0 Å². The molecular weight excluding hydrogens is 648 g/mol. The molecule has 0 radical (unpaired) electrons. The summed E-state index contributed by atoms with van der Waals surface area (Å²) in [5, 5.41) is 0. The third kappa shape index (κ3) is 11.4. The van der Waals surface area contributed by atoms with E-state index in [0.717, 1.165) is 22.3 Å². The Morgan fingerprint density at radius 2 is 1.00 bits per heavy atom. The largest absolute Gasteiger partial charge is 0.468 e. The van der Waals surface area contributed by atoms with Crippen LogP contribution in [0.4, 0.5) is 0 Å². The fraction of sp³-hybridized carbons (Fsp3) is 0.333. The van der Waals surface area contributed by atoms with E-state index in [2.05, 4.69) is 0 Å². The molecule has 0 spiro atoms. The first-order valence-electron chi connectivity index (χ1n) is 17.1. The zero-order valence-corrected chi connectivity index (χ0v) is 29.1. The van der Waals surface area contributed by atoms with Crippen LogP contribution in [-0.2, 0) is 69.2 Å². The fourth-order valence-corrected chi connectivity index (χ4v) is 5.90. The second-order valence-corrected chi connectivity index (χ2v) is 12.2. The van der Waals surface area contributed by atoms with Crippen LogP contribution >= 0.6 is 0 Å². The highest BCUT2D eigenvalue weighted by Crippen LogP contribution is 2.32. The molecule has 0 amide bonds. The van der Waals surface area contributed by atoms with Crippen LogP contribution in [0.5, 0.6) is 0 Å². The Morgan fingerprint density at radius 1 is 0.588 bits per heavy atom. The Kier molecular flexibility index (Phi) is 14.9. The van der Waals surface area contributed by atoms with Gasteiger partial charge in [-0.2, -0.15) is 0 Å². The third-order valence-electron chi connectivity index (χ3n) is 8.59. The third-order valence-corrected chi connectivity index (χ3v) is 8.59. The molecule has 51 heavy (non-hydrogen) atoms. The van der Waals surface area contributed by atoms with E-state index in [9.17, 15) is 9.59 Å². The summed E-state index contributed by atoms with van der Waals surface area (Å²) >= 11 is 0. The van der Waals surface area contributed by atoms with E-state index in [4.69, 9.17) is 33.2 Å². The number of hydrogen-bond donors (Lipinski definition) is 0. The van der Waals surface area contributed by atoms with Gasteiger partial charge in [0.15, 0.2) is 5.92 Å². The molecule has 268 valence electrons. The van der Waals surface area contributed by atoms with Crippen molar-refractivity contribution in [3.8, 4) is 0 Å². The van der Waals surface area contributed by atoms with Crippen LogP contribution in [0, 0.1) is 5.92 Å². The van der Waals surface area contributed by atoms with Gasteiger partial charge in [0.25, 0.3) is 0 Å². The van der Waals surface area contributed by atoms with Crippen molar-refractivity contribution in [1.29, 1.82) is 0 Å². The van der Waals surface area contributed by atoms with Gasteiger partial charge in [-0.05, 0) is 28.7 Å². The Bertz CT molecular complexity index is 1600. The molecule has 1 heterocycles. The van der Waals surface area contributed by atoms with E-state index in [-0.39, 0.29) is 19.6 Å². The minimum atomic E-state index is -1.12. The number of allylic oxidation sites excluding steroid dienone is 1. The molecule has 4 aromatic carbocycles. The van der Waals surface area contributed by atoms with Crippen molar-refractivity contribution < 1.29 is 42.7 Å². The van der Waals surface area contributed by atoms with Gasteiger partial charge < -0.3 is 33.2 Å². The molecule has 0 N–H and O–H groups in total. The highest BCUT2D eigenvalue weighted by atomic mass is 16.6. The molecule has 9 nitrogen and oxygen atoms in total. The van der Waals surface area contributed by atoms with Gasteiger partial charge >= 0.3 is 11.9 Å². The van der Waals surface area contributed by atoms with Crippen molar-refractivity contribution in [3.63, 3.8) is 0 Å². The van der Waals surface area contributed by atoms with Gasteiger partial charge in [0.05, 0.1) is 47.3 Å². The van der Waals surface area contributed by atoms with E-state index in [1.54, 1.807) is 6.08 Å². The Hall–Kier alpha value is -4.64. The summed E-state index contributed by atoms with van der Waals surface area (Å²) in [6.45, 7) is 1.51. The quantitative estimate of drug-likeness (QED) is 0.0646. The van der Waals surface area contributed by atoms with Gasteiger partial charge in [-0.3, -0.25) is 9.59 Å².